The monoisotopic (exact) mass is 321 g/mol. The first-order chi connectivity index (χ1) is 11.1. The number of hydrogen-bond donors (Lipinski definition) is 0. The molecule has 1 aliphatic carbocycles. The molecule has 2 aliphatic rings. The minimum Gasteiger partial charge on any atom is -0.326 e. The number of nitrogens with zero attached hydrogens (tertiary/aromatic N) is 3. The van der Waals surface area contributed by atoms with Crippen LogP contribution in [-0.2, 0) is 0 Å². The average molecular weight is 321 g/mol. The second-order valence-corrected chi connectivity index (χ2v) is 6.37. The van der Waals surface area contributed by atoms with Crippen molar-refractivity contribution in [3.63, 3.8) is 0 Å². The normalized spacial score (nSPS) is 11.8. The minimum atomic E-state index is 0.983. The Hall–Kier alpha value is -2.46. The van der Waals surface area contributed by atoms with Crippen LogP contribution in [0.4, 0.5) is 11.4 Å². The van der Waals surface area contributed by atoms with E-state index < -0.39 is 0 Å². The fraction of sp³-hybridized carbons (Fsp3) is 0.158. The summed E-state index contributed by atoms with van der Waals surface area (Å²) in [4.78, 5) is 10.9. The number of rotatable bonds is 4. The zero-order valence-electron chi connectivity index (χ0n) is 13.5. The molecule has 0 spiro atoms. The summed E-state index contributed by atoms with van der Waals surface area (Å²) in [7, 11) is 1.93. The quantitative estimate of drug-likeness (QED) is 0.465. The van der Waals surface area contributed by atoms with Crippen molar-refractivity contribution < 1.29 is 0 Å². The lowest BCUT2D eigenvalue weighted by molar-refractivity contribution is 0.802. The molecule has 0 unspecified atom stereocenters. The largest absolute Gasteiger partial charge is 0.326 e. The topological polar surface area (TPSA) is 28.0 Å². The van der Waals surface area contributed by atoms with E-state index in [0.717, 1.165) is 11.4 Å². The van der Waals surface area contributed by atoms with Crippen LogP contribution in [0.25, 0.3) is 11.1 Å². The Kier molecular flexibility index (Phi) is 4.53. The predicted molar refractivity (Wildman–Crippen MR) is 101 cm³/mol. The molecule has 1 aromatic rings. The molecule has 23 heavy (non-hydrogen) atoms. The Bertz CT molecular complexity index is 832. The molecule has 0 N–H and O–H groups in total. The van der Waals surface area contributed by atoms with Crippen molar-refractivity contribution in [2.75, 3.05) is 7.05 Å². The van der Waals surface area contributed by atoms with E-state index in [4.69, 9.17) is 0 Å². The lowest BCUT2D eigenvalue weighted by atomic mass is 10.1. The van der Waals surface area contributed by atoms with Gasteiger partial charge in [-0.05, 0) is 48.6 Å². The van der Waals surface area contributed by atoms with Crippen molar-refractivity contribution >= 4 is 35.4 Å². The highest BCUT2D eigenvalue weighted by Crippen LogP contribution is 2.34. The van der Waals surface area contributed by atoms with E-state index in [1.165, 1.54) is 22.3 Å². The van der Waals surface area contributed by atoms with Crippen molar-refractivity contribution in [2.45, 2.75) is 13.8 Å². The van der Waals surface area contributed by atoms with Gasteiger partial charge in [0.2, 0.25) is 0 Å². The molecule has 0 saturated carbocycles. The van der Waals surface area contributed by atoms with Gasteiger partial charge in [0.25, 0.3) is 0 Å². The van der Waals surface area contributed by atoms with Gasteiger partial charge in [-0.3, -0.25) is 0 Å². The summed E-state index contributed by atoms with van der Waals surface area (Å²) >= 11 is 1.68. The molecule has 0 aromatic heterocycles. The van der Waals surface area contributed by atoms with Crippen LogP contribution in [0, 0.1) is 13.8 Å². The number of fused-ring (bicyclic) bond motifs is 1. The molecule has 3 nitrogen and oxygen atoms in total. The fourth-order valence-electron chi connectivity index (χ4n) is 2.39. The van der Waals surface area contributed by atoms with E-state index in [1.807, 2.05) is 24.1 Å². The Morgan fingerprint density at radius 1 is 0.957 bits per heavy atom. The summed E-state index contributed by atoms with van der Waals surface area (Å²) in [6, 6.07) is 12.5. The standard InChI is InChI=1S/C19H19N3S/c1-14-4-6-18(15(2)10-14)20-12-22(3)13-21-19-7-5-16-8-9-23-11-17(16)19/h4-13H,1-3H3. The first kappa shape index (κ1) is 15.4. The maximum atomic E-state index is 4.56. The molecule has 0 fully saturated rings. The van der Waals surface area contributed by atoms with Gasteiger partial charge in [0, 0.05) is 18.0 Å². The van der Waals surface area contributed by atoms with E-state index in [2.05, 4.69) is 58.9 Å². The summed E-state index contributed by atoms with van der Waals surface area (Å²) < 4.78 is 0. The summed E-state index contributed by atoms with van der Waals surface area (Å²) in [6.07, 6.45) is 3.58. The van der Waals surface area contributed by atoms with Crippen molar-refractivity contribution in [2.24, 2.45) is 9.98 Å². The van der Waals surface area contributed by atoms with E-state index in [9.17, 15) is 0 Å². The Morgan fingerprint density at radius 2 is 1.70 bits per heavy atom. The number of aliphatic imine (C=N–C) groups is 2. The Morgan fingerprint density at radius 3 is 2.48 bits per heavy atom. The van der Waals surface area contributed by atoms with Crippen LogP contribution in [0.1, 0.15) is 11.1 Å². The molecule has 1 heterocycles. The lowest BCUT2D eigenvalue weighted by Gasteiger charge is -2.06. The first-order valence-electron chi connectivity index (χ1n) is 7.46. The van der Waals surface area contributed by atoms with Crippen LogP contribution >= 0.6 is 11.3 Å². The Labute approximate surface area is 141 Å². The van der Waals surface area contributed by atoms with E-state index >= 15 is 0 Å². The highest BCUT2D eigenvalue weighted by atomic mass is 32.1. The van der Waals surface area contributed by atoms with Crippen molar-refractivity contribution in [1.29, 1.82) is 0 Å². The molecule has 0 radical (unpaired) electrons. The number of hydrogen-bond acceptors (Lipinski definition) is 3. The molecule has 4 heteroatoms. The van der Waals surface area contributed by atoms with Crippen LogP contribution in [-0.4, -0.2) is 24.6 Å². The maximum absolute atomic E-state index is 4.56. The maximum Gasteiger partial charge on any atom is 0.0961 e. The average Bonchev–Trinajstić information content (AvgIpc) is 2.95. The molecule has 0 saturated heterocycles. The summed E-state index contributed by atoms with van der Waals surface area (Å²) in [5.41, 5.74) is 6.81. The van der Waals surface area contributed by atoms with E-state index in [0.29, 0.717) is 0 Å². The molecular formula is C19H19N3S. The van der Waals surface area contributed by atoms with Gasteiger partial charge in [-0.1, -0.05) is 23.8 Å². The van der Waals surface area contributed by atoms with E-state index in [1.54, 1.807) is 24.0 Å². The van der Waals surface area contributed by atoms with Crippen LogP contribution < -0.4 is 0 Å². The zero-order valence-corrected chi connectivity index (χ0v) is 14.3. The third kappa shape index (κ3) is 3.66. The van der Waals surface area contributed by atoms with Crippen LogP contribution in [0.2, 0.25) is 0 Å². The smallest absolute Gasteiger partial charge is 0.0961 e. The Balaban J connectivity index is 1.71. The molecular weight excluding hydrogens is 302 g/mol. The molecule has 1 aliphatic heterocycles. The summed E-state index contributed by atoms with van der Waals surface area (Å²) in [5.74, 6) is 0. The van der Waals surface area contributed by atoms with Gasteiger partial charge < -0.3 is 4.90 Å². The number of benzene rings is 1. The van der Waals surface area contributed by atoms with Crippen molar-refractivity contribution in [3.05, 3.63) is 58.3 Å². The predicted octanol–water partition coefficient (Wildman–Crippen LogP) is 5.42. The van der Waals surface area contributed by atoms with Gasteiger partial charge in [-0.15, -0.1) is 0 Å². The lowest BCUT2D eigenvalue weighted by Crippen LogP contribution is -2.12. The van der Waals surface area contributed by atoms with Gasteiger partial charge in [0.1, 0.15) is 0 Å². The van der Waals surface area contributed by atoms with Crippen molar-refractivity contribution in [1.82, 2.24) is 4.90 Å². The third-order valence-corrected chi connectivity index (χ3v) is 4.29. The third-order valence-electron chi connectivity index (χ3n) is 3.63. The molecule has 0 amide bonds. The fourth-order valence-corrected chi connectivity index (χ4v) is 3.09. The second-order valence-electron chi connectivity index (χ2n) is 5.59. The molecule has 1 aromatic carbocycles. The van der Waals surface area contributed by atoms with Crippen molar-refractivity contribution in [3.8, 4) is 11.1 Å². The minimum absolute atomic E-state index is 0.983. The summed E-state index contributed by atoms with van der Waals surface area (Å²) in [6.45, 7) is 4.16. The van der Waals surface area contributed by atoms with Gasteiger partial charge in [0.15, 0.2) is 0 Å². The van der Waals surface area contributed by atoms with Gasteiger partial charge in [0.05, 0.1) is 24.1 Å². The van der Waals surface area contributed by atoms with Crippen LogP contribution in [0.5, 0.6) is 0 Å². The molecule has 0 atom stereocenters. The molecule has 116 valence electrons. The van der Waals surface area contributed by atoms with E-state index in [-0.39, 0.29) is 0 Å². The highest BCUT2D eigenvalue weighted by molar-refractivity contribution is 7.08. The SMILES string of the molecule is Cc1ccc(N=CN(C)C=Nc2ccc3ccscc2-3)c(C)c1. The van der Waals surface area contributed by atoms with Crippen LogP contribution in [0.15, 0.2) is 57.1 Å². The molecule has 3 rings (SSSR count). The number of aryl methyl sites for hydroxylation is 2. The van der Waals surface area contributed by atoms with Crippen LogP contribution in [0.3, 0.4) is 0 Å². The molecule has 0 bridgehead atoms. The van der Waals surface area contributed by atoms with Gasteiger partial charge >= 0.3 is 0 Å². The zero-order chi connectivity index (χ0) is 16.2. The highest BCUT2D eigenvalue weighted by Gasteiger charge is 2.06. The first-order valence-corrected chi connectivity index (χ1v) is 8.40. The summed E-state index contributed by atoms with van der Waals surface area (Å²) in [5, 5.41) is 4.21. The van der Waals surface area contributed by atoms with Gasteiger partial charge in [-0.25, -0.2) is 9.98 Å². The second kappa shape index (κ2) is 6.75. The van der Waals surface area contributed by atoms with Gasteiger partial charge in [-0.2, -0.15) is 11.3 Å².